The molecule has 2 rings (SSSR count). The Morgan fingerprint density at radius 3 is 2.21 bits per heavy atom. The van der Waals surface area contributed by atoms with E-state index in [0.29, 0.717) is 19.0 Å². The zero-order valence-electron chi connectivity index (χ0n) is 11.6. The van der Waals surface area contributed by atoms with E-state index < -0.39 is 5.54 Å². The molecule has 0 aromatic heterocycles. The number of hydrogen-bond acceptors (Lipinski definition) is 2. The van der Waals surface area contributed by atoms with Crippen LogP contribution in [0.15, 0.2) is 30.3 Å². The Hall–Kier alpha value is -1.06. The van der Waals surface area contributed by atoms with Crippen LogP contribution in [0.5, 0.6) is 0 Å². The van der Waals surface area contributed by atoms with Crippen LogP contribution >= 0.6 is 12.4 Å². The van der Waals surface area contributed by atoms with Crippen LogP contribution in [0.1, 0.15) is 32.3 Å². The maximum Gasteiger partial charge on any atom is 0.247 e. The summed E-state index contributed by atoms with van der Waals surface area (Å²) in [5.41, 5.74) is 6.65. The Morgan fingerprint density at radius 1 is 1.26 bits per heavy atom. The van der Waals surface area contributed by atoms with Gasteiger partial charge in [-0.25, -0.2) is 0 Å². The summed E-state index contributed by atoms with van der Waals surface area (Å²) in [6.45, 7) is 5.43. The van der Waals surface area contributed by atoms with Gasteiger partial charge in [0.25, 0.3) is 0 Å². The lowest BCUT2D eigenvalue weighted by Gasteiger charge is -2.34. The molecule has 1 fully saturated rings. The number of amides is 1. The van der Waals surface area contributed by atoms with Crippen molar-refractivity contribution in [2.45, 2.75) is 32.2 Å². The highest BCUT2D eigenvalue weighted by molar-refractivity contribution is 5.88. The van der Waals surface area contributed by atoms with E-state index in [2.05, 4.69) is 0 Å². The average molecular weight is 283 g/mol. The molecule has 0 radical (unpaired) electrons. The maximum atomic E-state index is 12.7. The summed E-state index contributed by atoms with van der Waals surface area (Å²) >= 11 is 0. The van der Waals surface area contributed by atoms with Gasteiger partial charge in [0.05, 0.1) is 0 Å². The van der Waals surface area contributed by atoms with Crippen molar-refractivity contribution in [3.8, 4) is 0 Å². The first-order chi connectivity index (χ1) is 8.64. The van der Waals surface area contributed by atoms with Crippen molar-refractivity contribution >= 4 is 18.3 Å². The number of benzene rings is 1. The number of nitrogens with two attached hydrogens (primary N) is 1. The predicted molar refractivity (Wildman–Crippen MR) is 80.2 cm³/mol. The fourth-order valence-electron chi connectivity index (χ4n) is 2.56. The highest BCUT2D eigenvalue weighted by atomic mass is 35.5. The van der Waals surface area contributed by atoms with Gasteiger partial charge in [0.2, 0.25) is 5.91 Å². The first kappa shape index (κ1) is 16.0. The summed E-state index contributed by atoms with van der Waals surface area (Å²) < 4.78 is 0. The standard InChI is InChI=1S/C15H22N2O.ClH/c1-3-17(4-2)14(18)15(16,13-10-11-13)12-8-6-5-7-9-12;/h5-9,13H,3-4,10-11,16H2,1-2H3;1H. The summed E-state index contributed by atoms with van der Waals surface area (Å²) in [4.78, 5) is 14.5. The van der Waals surface area contributed by atoms with Crippen LogP contribution in [-0.2, 0) is 10.3 Å². The topological polar surface area (TPSA) is 46.3 Å². The van der Waals surface area contributed by atoms with Gasteiger partial charge in [0.15, 0.2) is 0 Å². The molecule has 0 heterocycles. The van der Waals surface area contributed by atoms with Gasteiger partial charge in [-0.3, -0.25) is 4.79 Å². The molecule has 1 amide bonds. The maximum absolute atomic E-state index is 12.7. The van der Waals surface area contributed by atoms with E-state index in [-0.39, 0.29) is 18.3 Å². The van der Waals surface area contributed by atoms with Crippen molar-refractivity contribution < 1.29 is 4.79 Å². The van der Waals surface area contributed by atoms with E-state index in [4.69, 9.17) is 5.73 Å². The molecule has 1 atom stereocenters. The first-order valence-electron chi connectivity index (χ1n) is 6.78. The third-order valence-electron chi connectivity index (χ3n) is 3.88. The SMILES string of the molecule is CCN(CC)C(=O)C(N)(c1ccccc1)C1CC1.Cl. The van der Waals surface area contributed by atoms with Gasteiger partial charge in [0, 0.05) is 13.1 Å². The van der Waals surface area contributed by atoms with Gasteiger partial charge in [-0.15, -0.1) is 12.4 Å². The van der Waals surface area contributed by atoms with E-state index in [9.17, 15) is 4.79 Å². The van der Waals surface area contributed by atoms with Crippen molar-refractivity contribution in [3.63, 3.8) is 0 Å². The zero-order valence-corrected chi connectivity index (χ0v) is 12.5. The molecular formula is C15H23ClN2O. The molecule has 1 unspecified atom stereocenters. The van der Waals surface area contributed by atoms with Crippen LogP contribution in [0.4, 0.5) is 0 Å². The number of carbonyl (C=O) groups is 1. The minimum atomic E-state index is -0.826. The summed E-state index contributed by atoms with van der Waals surface area (Å²) in [7, 11) is 0. The van der Waals surface area contributed by atoms with E-state index in [0.717, 1.165) is 18.4 Å². The van der Waals surface area contributed by atoms with Crippen LogP contribution in [0, 0.1) is 5.92 Å². The Balaban J connectivity index is 0.00000180. The Morgan fingerprint density at radius 2 is 1.79 bits per heavy atom. The monoisotopic (exact) mass is 282 g/mol. The average Bonchev–Trinajstić information content (AvgIpc) is 3.24. The van der Waals surface area contributed by atoms with Crippen molar-refractivity contribution in [1.82, 2.24) is 4.90 Å². The molecule has 0 spiro atoms. The van der Waals surface area contributed by atoms with Gasteiger partial charge in [-0.05, 0) is 38.2 Å². The number of rotatable bonds is 5. The van der Waals surface area contributed by atoms with Crippen LogP contribution in [0.3, 0.4) is 0 Å². The molecule has 1 aromatic rings. The molecule has 0 aliphatic heterocycles. The van der Waals surface area contributed by atoms with Crippen molar-refractivity contribution in [1.29, 1.82) is 0 Å². The third kappa shape index (κ3) is 2.93. The number of carbonyl (C=O) groups excluding carboxylic acids is 1. The molecule has 106 valence electrons. The molecule has 1 aromatic carbocycles. The molecule has 2 N–H and O–H groups in total. The Labute approximate surface area is 121 Å². The van der Waals surface area contributed by atoms with Gasteiger partial charge < -0.3 is 10.6 Å². The minimum Gasteiger partial charge on any atom is -0.341 e. The number of halogens is 1. The van der Waals surface area contributed by atoms with Gasteiger partial charge >= 0.3 is 0 Å². The lowest BCUT2D eigenvalue weighted by molar-refractivity contribution is -0.138. The lowest BCUT2D eigenvalue weighted by atomic mass is 9.84. The van der Waals surface area contributed by atoms with Crippen molar-refractivity contribution in [2.75, 3.05) is 13.1 Å². The van der Waals surface area contributed by atoms with Gasteiger partial charge in [0.1, 0.15) is 5.54 Å². The molecule has 1 aliphatic carbocycles. The molecule has 1 aliphatic rings. The third-order valence-corrected chi connectivity index (χ3v) is 3.88. The Kier molecular flexibility index (Phi) is 5.39. The predicted octanol–water partition coefficient (Wildman–Crippen LogP) is 2.54. The highest BCUT2D eigenvalue weighted by Crippen LogP contribution is 2.45. The van der Waals surface area contributed by atoms with Crippen molar-refractivity contribution in [3.05, 3.63) is 35.9 Å². The van der Waals surface area contributed by atoms with E-state index in [1.165, 1.54) is 0 Å². The number of nitrogens with zero attached hydrogens (tertiary/aromatic N) is 1. The fraction of sp³-hybridized carbons (Fsp3) is 0.533. The normalized spacial score (nSPS) is 17.2. The Bertz CT molecular complexity index is 415. The molecule has 3 nitrogen and oxygen atoms in total. The summed E-state index contributed by atoms with van der Waals surface area (Å²) in [5, 5.41) is 0. The second kappa shape index (κ2) is 6.40. The zero-order chi connectivity index (χ0) is 13.2. The molecule has 1 saturated carbocycles. The summed E-state index contributed by atoms with van der Waals surface area (Å²) in [6, 6.07) is 9.81. The molecular weight excluding hydrogens is 260 g/mol. The van der Waals surface area contributed by atoms with E-state index in [1.54, 1.807) is 0 Å². The number of likely N-dealkylation sites (N-methyl/N-ethyl adjacent to an activating group) is 1. The van der Waals surface area contributed by atoms with Crippen LogP contribution in [-0.4, -0.2) is 23.9 Å². The lowest BCUT2D eigenvalue weighted by Crippen LogP contribution is -2.54. The van der Waals surface area contributed by atoms with Crippen LogP contribution in [0.25, 0.3) is 0 Å². The molecule has 0 bridgehead atoms. The summed E-state index contributed by atoms with van der Waals surface area (Å²) in [6.07, 6.45) is 2.11. The van der Waals surface area contributed by atoms with Gasteiger partial charge in [-0.2, -0.15) is 0 Å². The smallest absolute Gasteiger partial charge is 0.247 e. The fourth-order valence-corrected chi connectivity index (χ4v) is 2.56. The molecule has 0 saturated heterocycles. The highest BCUT2D eigenvalue weighted by Gasteiger charge is 2.50. The van der Waals surface area contributed by atoms with Crippen LogP contribution in [0.2, 0.25) is 0 Å². The quantitative estimate of drug-likeness (QED) is 0.902. The first-order valence-corrected chi connectivity index (χ1v) is 6.78. The molecule has 4 heteroatoms. The van der Waals surface area contributed by atoms with Crippen LogP contribution < -0.4 is 5.73 Å². The minimum absolute atomic E-state index is 0. The molecule has 19 heavy (non-hydrogen) atoms. The summed E-state index contributed by atoms with van der Waals surface area (Å²) in [5.74, 6) is 0.370. The number of hydrogen-bond donors (Lipinski definition) is 1. The second-order valence-corrected chi connectivity index (χ2v) is 4.99. The van der Waals surface area contributed by atoms with Gasteiger partial charge in [-0.1, -0.05) is 30.3 Å². The second-order valence-electron chi connectivity index (χ2n) is 4.99. The van der Waals surface area contributed by atoms with Crippen molar-refractivity contribution in [2.24, 2.45) is 11.7 Å². The largest absolute Gasteiger partial charge is 0.341 e. The van der Waals surface area contributed by atoms with E-state index in [1.807, 2.05) is 49.1 Å². The van der Waals surface area contributed by atoms with E-state index >= 15 is 0 Å².